The summed E-state index contributed by atoms with van der Waals surface area (Å²) < 4.78 is 68.1. The maximum Gasteiger partial charge on any atom is 0.141 e. The lowest BCUT2D eigenvalue weighted by Crippen LogP contribution is -1.98. The van der Waals surface area contributed by atoms with Crippen LogP contribution in [0.5, 0.6) is 0 Å². The first kappa shape index (κ1) is 3.36. The van der Waals surface area contributed by atoms with E-state index in [1.807, 2.05) is 0 Å². The normalized spacial score (nSPS) is 24.2. The Balaban J connectivity index is 3.68. The van der Waals surface area contributed by atoms with Gasteiger partial charge in [0.2, 0.25) is 0 Å². The van der Waals surface area contributed by atoms with Crippen molar-refractivity contribution in [2.24, 2.45) is 5.89 Å². The number of nitriles is 1. The van der Waals surface area contributed by atoms with Crippen molar-refractivity contribution in [3.8, 4) is 6.07 Å². The van der Waals surface area contributed by atoms with Crippen molar-refractivity contribution < 1.29 is 12.3 Å². The summed E-state index contributed by atoms with van der Waals surface area (Å²) in [6, 6.07) is 3.98. The Labute approximate surface area is 99.4 Å². The molecule has 0 bridgehead atoms. The fourth-order valence-corrected chi connectivity index (χ4v) is 1.18. The van der Waals surface area contributed by atoms with Gasteiger partial charge in [-0.25, -0.2) is 4.98 Å². The van der Waals surface area contributed by atoms with Crippen LogP contribution in [-0.4, -0.2) is 4.98 Å². The largest absolute Gasteiger partial charge is 0.242 e. The fourth-order valence-electron chi connectivity index (χ4n) is 0.747. The summed E-state index contributed by atoms with van der Waals surface area (Å²) in [5.74, 6) is -3.45. The van der Waals surface area contributed by atoms with E-state index in [0.717, 1.165) is 6.07 Å². The van der Waals surface area contributed by atoms with Crippen LogP contribution in [0.3, 0.4) is 0 Å². The van der Waals surface area contributed by atoms with Crippen molar-refractivity contribution >= 4 is 15.9 Å². The van der Waals surface area contributed by atoms with Crippen LogP contribution in [0.4, 0.5) is 0 Å². The molecule has 1 aromatic rings. The summed E-state index contributed by atoms with van der Waals surface area (Å²) in [7, 11) is 0. The van der Waals surface area contributed by atoms with Crippen molar-refractivity contribution in [1.82, 2.24) is 4.98 Å². The molecule has 0 radical (unpaired) electrons. The number of nitrogens with zero attached hydrogens (tertiary/aromatic N) is 2. The lowest BCUT2D eigenvalue weighted by molar-refractivity contribution is 0.634. The quantitative estimate of drug-likeness (QED) is 0.806. The van der Waals surface area contributed by atoms with Crippen LogP contribution in [0.2, 0.25) is 0 Å². The van der Waals surface area contributed by atoms with Gasteiger partial charge in [-0.15, -0.1) is 0 Å². The van der Waals surface area contributed by atoms with Crippen LogP contribution in [0.15, 0.2) is 16.6 Å². The second-order valence-corrected chi connectivity index (χ2v) is 3.08. The second-order valence-electron chi connectivity index (χ2n) is 2.17. The Morgan fingerprint density at radius 3 is 3.23 bits per heavy atom. The molecule has 13 heavy (non-hydrogen) atoms. The predicted molar refractivity (Wildman–Crippen MR) is 55.2 cm³/mol. The van der Waals surface area contributed by atoms with Crippen LogP contribution in [0.25, 0.3) is 0 Å². The molecule has 0 saturated heterocycles. The van der Waals surface area contributed by atoms with E-state index in [4.69, 9.17) is 17.6 Å². The molecule has 3 heteroatoms. The highest BCUT2D eigenvalue weighted by atomic mass is 79.9. The highest BCUT2D eigenvalue weighted by Gasteiger charge is 2.02. The van der Waals surface area contributed by atoms with Gasteiger partial charge >= 0.3 is 0 Å². The van der Waals surface area contributed by atoms with E-state index < -0.39 is 31.7 Å². The van der Waals surface area contributed by atoms with Gasteiger partial charge in [0, 0.05) is 22.5 Å². The van der Waals surface area contributed by atoms with Gasteiger partial charge in [0.25, 0.3) is 0 Å². The average Bonchev–Trinajstić information content (AvgIpc) is 2.33. The number of halogens is 1. The Morgan fingerprint density at radius 2 is 2.62 bits per heavy atom. The fraction of sp³-hybridized carbons (Fsp3) is 0.400. The summed E-state index contributed by atoms with van der Waals surface area (Å²) in [6.07, 6.45) is -3.15. The first-order chi connectivity index (χ1) is 9.68. The monoisotopic (exact) mass is 247 g/mol. The van der Waals surface area contributed by atoms with Crippen molar-refractivity contribution in [2.75, 3.05) is 0 Å². The van der Waals surface area contributed by atoms with Crippen molar-refractivity contribution in [3.05, 3.63) is 28.0 Å². The van der Waals surface area contributed by atoms with Crippen LogP contribution in [0, 0.1) is 17.2 Å². The Hall–Kier alpha value is -0.880. The third-order valence-electron chi connectivity index (χ3n) is 1.16. The van der Waals surface area contributed by atoms with Gasteiger partial charge in [-0.2, -0.15) is 5.26 Å². The third kappa shape index (κ3) is 3.16. The number of rotatable bonds is 2. The van der Waals surface area contributed by atoms with E-state index >= 15 is 0 Å². The number of pyridine rings is 1. The average molecular weight is 248 g/mol. The highest BCUT2D eigenvalue weighted by molar-refractivity contribution is 9.10. The molecule has 0 atom stereocenters. The maximum atomic E-state index is 8.85. The van der Waals surface area contributed by atoms with E-state index in [-0.39, 0.29) is 10.2 Å². The van der Waals surface area contributed by atoms with Gasteiger partial charge in [-0.3, -0.25) is 0 Å². The lowest BCUT2D eigenvalue weighted by Gasteiger charge is -2.04. The number of aromatic nitrogens is 1. The summed E-state index contributed by atoms with van der Waals surface area (Å²) >= 11 is 3.01. The molecule has 2 nitrogen and oxygen atoms in total. The van der Waals surface area contributed by atoms with Crippen LogP contribution in [-0.2, 0) is 6.37 Å². The molecule has 0 fully saturated rings. The minimum absolute atomic E-state index is 0.219. The van der Waals surface area contributed by atoms with Gasteiger partial charge in [-0.1, -0.05) is 29.6 Å². The molecular weight excluding hydrogens is 228 g/mol. The Kier molecular flexibility index (Phi) is 1.13. The molecule has 0 aromatic carbocycles. The van der Waals surface area contributed by atoms with Gasteiger partial charge in [0.1, 0.15) is 11.8 Å². The zero-order valence-electron chi connectivity index (χ0n) is 15.4. The molecule has 1 rings (SSSR count). The van der Waals surface area contributed by atoms with Crippen molar-refractivity contribution in [3.63, 3.8) is 0 Å². The third-order valence-corrected chi connectivity index (χ3v) is 1.62. The molecular formula is C10H11BrN2. The molecule has 0 N–H and O–H groups in total. The zero-order valence-corrected chi connectivity index (χ0v) is 8.01. The van der Waals surface area contributed by atoms with Crippen LogP contribution in [0.1, 0.15) is 37.4 Å². The first-order valence-electron chi connectivity index (χ1n) is 7.76. The summed E-state index contributed by atoms with van der Waals surface area (Å²) in [5.41, 5.74) is -0.840. The molecule has 0 amide bonds. The Bertz CT molecular complexity index is 600. The Morgan fingerprint density at radius 1 is 1.85 bits per heavy atom. The molecule has 0 aliphatic heterocycles. The van der Waals surface area contributed by atoms with Crippen molar-refractivity contribution in [1.29, 1.82) is 5.26 Å². The standard InChI is InChI=1S/C10H11BrN2/c1-7(2)3-9-4-8(11)5-10(6-12)13-9/h4-5,7H,3H2,1-2H3/i1D3,2D3,3D2,7D. The van der Waals surface area contributed by atoms with Gasteiger partial charge in [0.05, 0.1) is 0 Å². The molecule has 0 unspecified atom stereocenters. The SMILES string of the molecule is [2H]C([2H])([2H])C([2H])(C([2H])([2H])[2H])C([2H])([2H])c1cc(Br)cc(C#N)n1. The summed E-state index contributed by atoms with van der Waals surface area (Å²) in [5, 5.41) is 8.85. The highest BCUT2D eigenvalue weighted by Crippen LogP contribution is 2.14. The number of hydrogen-bond donors (Lipinski definition) is 0. The van der Waals surface area contributed by atoms with E-state index in [1.165, 1.54) is 6.07 Å². The molecule has 0 spiro atoms. The van der Waals surface area contributed by atoms with Crippen LogP contribution < -0.4 is 0 Å². The zero-order chi connectivity index (χ0) is 17.6. The van der Waals surface area contributed by atoms with E-state index in [2.05, 4.69) is 20.9 Å². The minimum Gasteiger partial charge on any atom is -0.242 e. The molecule has 0 aliphatic rings. The van der Waals surface area contributed by atoms with E-state index in [0.29, 0.717) is 0 Å². The van der Waals surface area contributed by atoms with Gasteiger partial charge in [0.15, 0.2) is 0 Å². The van der Waals surface area contributed by atoms with Crippen molar-refractivity contribution in [2.45, 2.75) is 20.1 Å². The molecule has 1 heterocycles. The topological polar surface area (TPSA) is 36.7 Å². The molecule has 68 valence electrons. The van der Waals surface area contributed by atoms with Crippen LogP contribution >= 0.6 is 15.9 Å². The minimum atomic E-state index is -3.45. The number of hydrogen-bond acceptors (Lipinski definition) is 2. The first-order valence-corrected chi connectivity index (χ1v) is 4.06. The predicted octanol–water partition coefficient (Wildman–Crippen LogP) is 2.91. The van der Waals surface area contributed by atoms with E-state index in [1.54, 1.807) is 6.07 Å². The maximum absolute atomic E-state index is 8.85. The smallest absolute Gasteiger partial charge is 0.141 e. The molecule has 1 aromatic heterocycles. The molecule has 0 saturated carbocycles. The van der Waals surface area contributed by atoms with Gasteiger partial charge < -0.3 is 0 Å². The summed E-state index contributed by atoms with van der Waals surface area (Å²) in [6.45, 7) is -6.89. The molecule has 0 aliphatic carbocycles. The lowest BCUT2D eigenvalue weighted by atomic mass is 10.1. The summed E-state index contributed by atoms with van der Waals surface area (Å²) in [4.78, 5) is 3.63. The second kappa shape index (κ2) is 4.38. The van der Waals surface area contributed by atoms with E-state index in [9.17, 15) is 0 Å². The van der Waals surface area contributed by atoms with Gasteiger partial charge in [-0.05, 0) is 24.4 Å².